The predicted octanol–water partition coefficient (Wildman–Crippen LogP) is 10.4. The van der Waals surface area contributed by atoms with Gasteiger partial charge in [0, 0.05) is 18.8 Å². The molecular weight excluding hydrogens is 472 g/mol. The van der Waals surface area contributed by atoms with Gasteiger partial charge in [-0.1, -0.05) is 120 Å². The van der Waals surface area contributed by atoms with Gasteiger partial charge in [0.15, 0.2) is 0 Å². The second kappa shape index (κ2) is 16.3. The van der Waals surface area contributed by atoms with Crippen LogP contribution in [0.25, 0.3) is 10.8 Å². The van der Waals surface area contributed by atoms with E-state index in [9.17, 15) is 5.26 Å². The average molecular weight is 523 g/mol. The van der Waals surface area contributed by atoms with Crippen LogP contribution >= 0.6 is 0 Å². The number of benzene rings is 3. The molecule has 1 heterocycles. The van der Waals surface area contributed by atoms with Gasteiger partial charge in [0.1, 0.15) is 0 Å². The Morgan fingerprint density at radius 3 is 1.90 bits per heavy atom. The number of fused-ring (bicyclic) bond motifs is 1. The van der Waals surface area contributed by atoms with E-state index >= 15 is 0 Å². The third kappa shape index (κ3) is 9.13. The maximum atomic E-state index is 9.47. The summed E-state index contributed by atoms with van der Waals surface area (Å²) in [7, 11) is 0. The van der Waals surface area contributed by atoms with Crippen LogP contribution in [0.3, 0.4) is 0 Å². The van der Waals surface area contributed by atoms with E-state index in [0.29, 0.717) is 5.92 Å². The summed E-state index contributed by atoms with van der Waals surface area (Å²) >= 11 is 0. The summed E-state index contributed by atoms with van der Waals surface area (Å²) in [5, 5.41) is 11.8. The molecule has 1 fully saturated rings. The highest BCUT2D eigenvalue weighted by atomic mass is 15.1. The zero-order valence-electron chi connectivity index (χ0n) is 24.5. The molecule has 3 aromatic rings. The first-order valence-corrected chi connectivity index (χ1v) is 16.0. The fourth-order valence-corrected chi connectivity index (χ4v) is 6.39. The van der Waals surface area contributed by atoms with Crippen molar-refractivity contribution in [2.45, 2.75) is 110 Å². The molecule has 0 unspecified atom stereocenters. The van der Waals surface area contributed by atoms with Crippen LogP contribution in [0.2, 0.25) is 0 Å². The number of hydrogen-bond donors (Lipinski definition) is 0. The number of nitrogens with zero attached hydrogens (tertiary/aromatic N) is 2. The lowest BCUT2D eigenvalue weighted by Crippen LogP contribution is -2.34. The van der Waals surface area contributed by atoms with Crippen LogP contribution in [0, 0.1) is 17.2 Å². The Morgan fingerprint density at radius 1 is 0.692 bits per heavy atom. The van der Waals surface area contributed by atoms with Gasteiger partial charge in [-0.15, -0.1) is 0 Å². The highest BCUT2D eigenvalue weighted by molar-refractivity contribution is 5.90. The molecule has 0 aliphatic carbocycles. The molecule has 1 aliphatic heterocycles. The van der Waals surface area contributed by atoms with Gasteiger partial charge in [0.2, 0.25) is 0 Å². The summed E-state index contributed by atoms with van der Waals surface area (Å²) in [5.41, 5.74) is 5.06. The monoisotopic (exact) mass is 522 g/mol. The number of anilines is 1. The molecule has 0 bridgehead atoms. The second-order valence-corrected chi connectivity index (χ2v) is 11.9. The molecule has 0 N–H and O–H groups in total. The lowest BCUT2D eigenvalue weighted by molar-refractivity contribution is 0.404. The molecule has 3 aromatic carbocycles. The second-order valence-electron chi connectivity index (χ2n) is 11.9. The SMILES string of the molecule is CCCCCCCCCCCCCCc1ccc(N2CCC(Cc3ccc(C#N)c4ccccc34)CC2)cc1. The first-order chi connectivity index (χ1) is 19.3. The van der Waals surface area contributed by atoms with Crippen LogP contribution in [0.1, 0.15) is 114 Å². The van der Waals surface area contributed by atoms with Crippen molar-refractivity contribution < 1.29 is 0 Å². The van der Waals surface area contributed by atoms with Crippen LogP contribution < -0.4 is 4.90 Å². The van der Waals surface area contributed by atoms with Gasteiger partial charge < -0.3 is 4.90 Å². The standard InChI is InChI=1S/C37H50N2/c1-2-3-4-5-6-7-8-9-10-11-12-13-16-31-19-23-35(24-20-31)39-27-25-32(26-28-39)29-33-21-22-34(30-38)37-18-15-14-17-36(33)37/h14-15,17-24,32H,2-13,16,25-29H2,1H3. The van der Waals surface area contributed by atoms with Gasteiger partial charge in [-0.3, -0.25) is 0 Å². The van der Waals surface area contributed by atoms with Crippen molar-refractivity contribution in [3.05, 3.63) is 77.4 Å². The molecule has 0 saturated carbocycles. The van der Waals surface area contributed by atoms with Crippen LogP contribution in [0.4, 0.5) is 5.69 Å². The van der Waals surface area contributed by atoms with E-state index in [-0.39, 0.29) is 0 Å². The highest BCUT2D eigenvalue weighted by Crippen LogP contribution is 2.30. The van der Waals surface area contributed by atoms with E-state index in [1.807, 2.05) is 12.1 Å². The molecule has 4 rings (SSSR count). The maximum absolute atomic E-state index is 9.47. The molecule has 39 heavy (non-hydrogen) atoms. The number of hydrogen-bond acceptors (Lipinski definition) is 2. The van der Waals surface area contributed by atoms with Crippen LogP contribution in [-0.4, -0.2) is 13.1 Å². The van der Waals surface area contributed by atoms with Gasteiger partial charge in [-0.25, -0.2) is 0 Å². The number of aryl methyl sites for hydroxylation is 1. The highest BCUT2D eigenvalue weighted by Gasteiger charge is 2.21. The van der Waals surface area contributed by atoms with E-state index < -0.39 is 0 Å². The van der Waals surface area contributed by atoms with Crippen molar-refractivity contribution in [3.63, 3.8) is 0 Å². The first kappa shape index (κ1) is 29.2. The van der Waals surface area contributed by atoms with E-state index in [2.05, 4.69) is 66.4 Å². The fourth-order valence-electron chi connectivity index (χ4n) is 6.39. The molecule has 208 valence electrons. The van der Waals surface area contributed by atoms with Gasteiger partial charge in [-0.05, 0) is 78.1 Å². The third-order valence-corrected chi connectivity index (χ3v) is 8.88. The Balaban J connectivity index is 1.11. The number of rotatable bonds is 16. The van der Waals surface area contributed by atoms with Crippen molar-refractivity contribution in [3.8, 4) is 6.07 Å². The Hall–Kier alpha value is -2.79. The van der Waals surface area contributed by atoms with E-state index in [1.54, 1.807) is 0 Å². The summed E-state index contributed by atoms with van der Waals surface area (Å²) in [5.74, 6) is 0.711. The zero-order chi connectivity index (χ0) is 27.1. The first-order valence-electron chi connectivity index (χ1n) is 16.0. The fraction of sp³-hybridized carbons (Fsp3) is 0.541. The predicted molar refractivity (Wildman–Crippen MR) is 169 cm³/mol. The van der Waals surface area contributed by atoms with Crippen LogP contribution in [0.15, 0.2) is 60.7 Å². The smallest absolute Gasteiger partial charge is 0.0998 e. The molecule has 0 amide bonds. The van der Waals surface area contributed by atoms with E-state index in [1.165, 1.54) is 119 Å². The van der Waals surface area contributed by atoms with Gasteiger partial charge >= 0.3 is 0 Å². The summed E-state index contributed by atoms with van der Waals surface area (Å²) in [6.45, 7) is 4.57. The lowest BCUT2D eigenvalue weighted by atomic mass is 9.87. The van der Waals surface area contributed by atoms with Gasteiger partial charge in [-0.2, -0.15) is 5.26 Å². The van der Waals surface area contributed by atoms with Gasteiger partial charge in [0.05, 0.1) is 11.6 Å². The Labute approximate surface area is 238 Å². The van der Waals surface area contributed by atoms with Crippen molar-refractivity contribution in [1.29, 1.82) is 5.26 Å². The summed E-state index contributed by atoms with van der Waals surface area (Å²) < 4.78 is 0. The van der Waals surface area contributed by atoms with Crippen molar-refractivity contribution in [2.24, 2.45) is 5.92 Å². The average Bonchev–Trinajstić information content (AvgIpc) is 2.99. The molecule has 0 atom stereocenters. The van der Waals surface area contributed by atoms with Crippen molar-refractivity contribution in [1.82, 2.24) is 0 Å². The molecule has 0 aromatic heterocycles. The molecule has 0 radical (unpaired) electrons. The van der Waals surface area contributed by atoms with Crippen molar-refractivity contribution >= 4 is 16.5 Å². The molecule has 1 aliphatic rings. The Kier molecular flexibility index (Phi) is 12.2. The third-order valence-electron chi connectivity index (χ3n) is 8.88. The molecule has 2 nitrogen and oxygen atoms in total. The molecule has 2 heteroatoms. The minimum absolute atomic E-state index is 0.711. The van der Waals surface area contributed by atoms with Crippen LogP contribution in [-0.2, 0) is 12.8 Å². The summed E-state index contributed by atoms with van der Waals surface area (Å²) in [4.78, 5) is 2.57. The molecule has 1 saturated heterocycles. The lowest BCUT2D eigenvalue weighted by Gasteiger charge is -2.34. The quantitative estimate of drug-likeness (QED) is 0.175. The minimum Gasteiger partial charge on any atom is -0.372 e. The topological polar surface area (TPSA) is 27.0 Å². The summed E-state index contributed by atoms with van der Waals surface area (Å²) in [6.07, 6.45) is 21.7. The minimum atomic E-state index is 0.711. The molecular formula is C37H50N2. The molecule has 0 spiro atoms. The Morgan fingerprint density at radius 2 is 1.28 bits per heavy atom. The number of unbranched alkanes of at least 4 members (excludes halogenated alkanes) is 11. The largest absolute Gasteiger partial charge is 0.372 e. The maximum Gasteiger partial charge on any atom is 0.0998 e. The van der Waals surface area contributed by atoms with Crippen LogP contribution in [0.5, 0.6) is 0 Å². The normalized spacial score (nSPS) is 14.1. The Bertz CT molecular complexity index is 1150. The number of nitriles is 1. The van der Waals surface area contributed by atoms with Gasteiger partial charge in [0.25, 0.3) is 0 Å². The zero-order valence-corrected chi connectivity index (χ0v) is 24.5. The number of piperidine rings is 1. The summed E-state index contributed by atoms with van der Waals surface area (Å²) in [6, 6.07) is 24.4. The van der Waals surface area contributed by atoms with Crippen molar-refractivity contribution in [2.75, 3.05) is 18.0 Å². The van der Waals surface area contributed by atoms with E-state index in [0.717, 1.165) is 30.5 Å². The van der Waals surface area contributed by atoms with E-state index in [4.69, 9.17) is 0 Å².